The number of carbonyl (C=O) groups is 2. The van der Waals surface area contributed by atoms with Gasteiger partial charge in [0.15, 0.2) is 22.8 Å². The summed E-state index contributed by atoms with van der Waals surface area (Å²) < 4.78 is 12.5. The van der Waals surface area contributed by atoms with E-state index in [1.54, 1.807) is 31.0 Å². The Morgan fingerprint density at radius 3 is 2.38 bits per heavy atom. The van der Waals surface area contributed by atoms with Crippen molar-refractivity contribution in [2.75, 3.05) is 40.4 Å². The minimum Gasteiger partial charge on any atom is -0.493 e. The predicted octanol–water partition coefficient (Wildman–Crippen LogP) is 3.94. The monoisotopic (exact) mass is 550 g/mol. The number of carbonyl (C=O) groups excluding carboxylic acids is 2. The van der Waals surface area contributed by atoms with E-state index in [2.05, 4.69) is 39.5 Å². The smallest absolute Gasteiger partial charge is 0.272 e. The number of fused-ring (bicyclic) bond motifs is 1. The minimum atomic E-state index is -0.233. The maximum Gasteiger partial charge on any atom is 0.272 e. The van der Waals surface area contributed by atoms with Gasteiger partial charge in [-0.2, -0.15) is 5.10 Å². The highest BCUT2D eigenvalue weighted by molar-refractivity contribution is 5.93. The second-order valence-corrected chi connectivity index (χ2v) is 10.4. The molecule has 216 valence electrons. The molecule has 1 fully saturated rings. The van der Waals surface area contributed by atoms with E-state index in [1.165, 1.54) is 0 Å². The Kier molecular flexibility index (Phi) is 10.3. The van der Waals surface area contributed by atoms with Crippen LogP contribution in [0.4, 0.5) is 0 Å². The lowest BCUT2D eigenvalue weighted by Gasteiger charge is -2.28. The first kappa shape index (κ1) is 29.3. The van der Waals surface area contributed by atoms with Crippen LogP contribution in [0.2, 0.25) is 0 Å². The number of nitrogens with one attached hydrogen (secondary N) is 2. The number of nitrogens with zero attached hydrogens (tertiary/aromatic N) is 4. The maximum absolute atomic E-state index is 13.1. The molecular weight excluding hydrogens is 508 g/mol. The molecule has 0 saturated heterocycles. The quantitative estimate of drug-likeness (QED) is 0.332. The van der Waals surface area contributed by atoms with Crippen LogP contribution < -0.4 is 20.1 Å². The molecule has 0 unspecified atom stereocenters. The molecule has 40 heavy (non-hydrogen) atoms. The molecule has 2 aromatic heterocycles. The van der Waals surface area contributed by atoms with Gasteiger partial charge in [-0.05, 0) is 75.9 Å². The van der Waals surface area contributed by atoms with Crippen molar-refractivity contribution >= 4 is 17.5 Å². The van der Waals surface area contributed by atoms with Gasteiger partial charge in [-0.15, -0.1) is 0 Å². The summed E-state index contributed by atoms with van der Waals surface area (Å²) in [5.41, 5.74) is 2.53. The van der Waals surface area contributed by atoms with Crippen molar-refractivity contribution < 1.29 is 19.1 Å². The average molecular weight is 551 g/mol. The van der Waals surface area contributed by atoms with Crippen LogP contribution in [0.25, 0.3) is 16.9 Å². The van der Waals surface area contributed by atoms with Crippen LogP contribution in [0.15, 0.2) is 36.5 Å². The molecule has 1 aliphatic carbocycles. The van der Waals surface area contributed by atoms with Crippen LogP contribution in [0.5, 0.6) is 11.5 Å². The molecule has 2 amide bonds. The second-order valence-electron chi connectivity index (χ2n) is 10.4. The zero-order valence-corrected chi connectivity index (χ0v) is 24.1. The number of hydrogen-bond donors (Lipinski definition) is 2. The van der Waals surface area contributed by atoms with Crippen molar-refractivity contribution in [2.45, 2.75) is 58.4 Å². The van der Waals surface area contributed by atoms with Gasteiger partial charge in [0.25, 0.3) is 5.91 Å². The van der Waals surface area contributed by atoms with E-state index in [0.717, 1.165) is 69.4 Å². The molecule has 0 spiro atoms. The predicted molar refractivity (Wildman–Crippen MR) is 155 cm³/mol. The fourth-order valence-electron chi connectivity index (χ4n) is 5.43. The lowest BCUT2D eigenvalue weighted by molar-refractivity contribution is -0.126. The highest BCUT2D eigenvalue weighted by atomic mass is 16.5. The molecule has 1 saturated carbocycles. The third-order valence-electron chi connectivity index (χ3n) is 7.51. The number of amides is 2. The van der Waals surface area contributed by atoms with E-state index in [0.29, 0.717) is 29.4 Å². The number of hydrogen-bond acceptors (Lipinski definition) is 7. The van der Waals surface area contributed by atoms with E-state index in [9.17, 15) is 9.59 Å². The van der Waals surface area contributed by atoms with E-state index in [1.807, 2.05) is 24.3 Å². The van der Waals surface area contributed by atoms with Crippen molar-refractivity contribution in [3.8, 4) is 22.8 Å². The summed E-state index contributed by atoms with van der Waals surface area (Å²) in [7, 11) is 3.19. The van der Waals surface area contributed by atoms with E-state index < -0.39 is 0 Å². The topological polar surface area (TPSA) is 110 Å². The first-order valence-electron chi connectivity index (χ1n) is 14.3. The van der Waals surface area contributed by atoms with Crippen LogP contribution in [-0.4, -0.2) is 77.8 Å². The maximum atomic E-state index is 13.1. The van der Waals surface area contributed by atoms with Gasteiger partial charge in [-0.1, -0.05) is 13.8 Å². The summed E-state index contributed by atoms with van der Waals surface area (Å²) in [5, 5.41) is 10.8. The van der Waals surface area contributed by atoms with Crippen molar-refractivity contribution in [2.24, 2.45) is 5.92 Å². The van der Waals surface area contributed by atoms with Gasteiger partial charge >= 0.3 is 0 Å². The first-order chi connectivity index (χ1) is 19.5. The Morgan fingerprint density at radius 2 is 1.70 bits per heavy atom. The normalized spacial score (nSPS) is 17.1. The van der Waals surface area contributed by atoms with Crippen LogP contribution in [0, 0.1) is 5.92 Å². The molecule has 1 aromatic carbocycles. The SMILES string of the molecule is CCCN(CCC)CCNC(=O)[C@H]1CC[C@H](NC(=O)c2cc3nccc(-c4ccc(OC)c(OC)c4)n3n2)CC1. The Labute approximate surface area is 236 Å². The summed E-state index contributed by atoms with van der Waals surface area (Å²) in [5.74, 6) is 1.14. The summed E-state index contributed by atoms with van der Waals surface area (Å²) in [6.45, 7) is 8.07. The molecule has 4 rings (SSSR count). The molecule has 2 N–H and O–H groups in total. The fraction of sp³-hybridized carbons (Fsp3) is 0.533. The highest BCUT2D eigenvalue weighted by Crippen LogP contribution is 2.32. The molecule has 10 heteroatoms. The number of ether oxygens (including phenoxy) is 2. The fourth-order valence-corrected chi connectivity index (χ4v) is 5.43. The largest absolute Gasteiger partial charge is 0.493 e. The van der Waals surface area contributed by atoms with Gasteiger partial charge in [-0.3, -0.25) is 9.59 Å². The number of rotatable bonds is 13. The van der Waals surface area contributed by atoms with Crippen LogP contribution in [0.3, 0.4) is 0 Å². The molecular formula is C30H42N6O4. The lowest BCUT2D eigenvalue weighted by atomic mass is 9.85. The van der Waals surface area contributed by atoms with Crippen LogP contribution in [-0.2, 0) is 4.79 Å². The first-order valence-corrected chi connectivity index (χ1v) is 14.3. The van der Waals surface area contributed by atoms with Crippen molar-refractivity contribution in [1.82, 2.24) is 30.1 Å². The molecule has 0 radical (unpaired) electrons. The van der Waals surface area contributed by atoms with Gasteiger partial charge in [0.1, 0.15) is 0 Å². The Morgan fingerprint density at radius 1 is 0.975 bits per heavy atom. The number of benzene rings is 1. The van der Waals surface area contributed by atoms with Gasteiger partial charge in [0.2, 0.25) is 5.91 Å². The van der Waals surface area contributed by atoms with E-state index >= 15 is 0 Å². The zero-order valence-electron chi connectivity index (χ0n) is 24.1. The van der Waals surface area contributed by atoms with Gasteiger partial charge < -0.3 is 25.0 Å². The van der Waals surface area contributed by atoms with Crippen LogP contribution in [0.1, 0.15) is 62.9 Å². The molecule has 0 aliphatic heterocycles. The zero-order chi connectivity index (χ0) is 28.5. The third-order valence-corrected chi connectivity index (χ3v) is 7.51. The van der Waals surface area contributed by atoms with Gasteiger partial charge in [0, 0.05) is 42.9 Å². The molecule has 0 bridgehead atoms. The second kappa shape index (κ2) is 14.1. The Bertz CT molecular complexity index is 1280. The lowest BCUT2D eigenvalue weighted by Crippen LogP contribution is -2.42. The minimum absolute atomic E-state index is 0.00222. The van der Waals surface area contributed by atoms with Crippen molar-refractivity contribution in [1.29, 1.82) is 0 Å². The van der Waals surface area contributed by atoms with Crippen molar-refractivity contribution in [3.05, 3.63) is 42.2 Å². The van der Waals surface area contributed by atoms with E-state index in [-0.39, 0.29) is 23.8 Å². The standard InChI is InChI=1S/C30H42N6O4/c1-5-16-35(17-6-2)18-15-32-29(37)21-7-10-23(11-8-21)33-30(38)24-20-28-31-14-13-25(36(28)34-24)22-9-12-26(39-3)27(19-22)40-4/h9,12-14,19-21,23H,5-8,10-11,15-18H2,1-4H3,(H,32,37)(H,33,38)/t21-,23-. The molecule has 10 nitrogen and oxygen atoms in total. The van der Waals surface area contributed by atoms with Crippen molar-refractivity contribution in [3.63, 3.8) is 0 Å². The van der Waals surface area contributed by atoms with Gasteiger partial charge in [0.05, 0.1) is 19.9 Å². The molecule has 1 aliphatic rings. The van der Waals surface area contributed by atoms with Crippen LogP contribution >= 0.6 is 0 Å². The summed E-state index contributed by atoms with van der Waals surface area (Å²) in [6.07, 6.45) is 7.00. The summed E-state index contributed by atoms with van der Waals surface area (Å²) >= 11 is 0. The summed E-state index contributed by atoms with van der Waals surface area (Å²) in [4.78, 5) is 32.6. The molecule has 3 aromatic rings. The highest BCUT2D eigenvalue weighted by Gasteiger charge is 2.28. The van der Waals surface area contributed by atoms with Gasteiger partial charge in [-0.25, -0.2) is 9.50 Å². The molecule has 2 heterocycles. The number of methoxy groups -OCH3 is 2. The van der Waals surface area contributed by atoms with E-state index in [4.69, 9.17) is 9.47 Å². The third kappa shape index (κ3) is 7.10. The Balaban J connectivity index is 1.32. The molecule has 0 atom stereocenters. The summed E-state index contributed by atoms with van der Waals surface area (Å²) in [6, 6.07) is 9.18. The Hall–Kier alpha value is -3.66. The number of aromatic nitrogens is 3. The average Bonchev–Trinajstić information content (AvgIpc) is 3.42.